The third-order valence-corrected chi connectivity index (χ3v) is 19.1. The zero-order chi connectivity index (χ0) is 78.6. The van der Waals surface area contributed by atoms with Crippen LogP contribution < -0.4 is 20.1 Å². The van der Waals surface area contributed by atoms with Gasteiger partial charge >= 0.3 is 5.97 Å². The minimum atomic E-state index is -0.245. The lowest BCUT2D eigenvalue weighted by molar-refractivity contribution is 0.0523. The molecular weight excluding hydrogens is 1340 g/mol. The van der Waals surface area contributed by atoms with Crippen molar-refractivity contribution in [1.29, 1.82) is 0 Å². The minimum Gasteiger partial charge on any atom is -0.496 e. The number of amides is 2. The van der Waals surface area contributed by atoms with Crippen molar-refractivity contribution < 1.29 is 28.6 Å². The van der Waals surface area contributed by atoms with E-state index in [-0.39, 0.29) is 44.9 Å². The first kappa shape index (κ1) is 81.5. The smallest absolute Gasteiger partial charge is 0.338 e. The molecule has 14 nitrogen and oxygen atoms in total. The molecule has 5 heterocycles. The van der Waals surface area contributed by atoms with Crippen LogP contribution in [0.3, 0.4) is 0 Å². The summed E-state index contributed by atoms with van der Waals surface area (Å²) in [6.45, 7) is 44.2. The molecular formula is C94H116N8O6. The van der Waals surface area contributed by atoms with Crippen molar-refractivity contribution in [2.75, 3.05) is 54.1 Å². The van der Waals surface area contributed by atoms with Crippen LogP contribution in [0.25, 0.3) is 87.9 Å². The number of para-hydroxylation sites is 2. The fourth-order valence-electron chi connectivity index (χ4n) is 13.4. The number of H-pyrrole nitrogens is 5. The third kappa shape index (κ3) is 20.4. The molecule has 0 aliphatic carbocycles. The molecule has 5 aromatic heterocycles. The Hall–Kier alpha value is -10.6. The summed E-state index contributed by atoms with van der Waals surface area (Å²) in [6.07, 6.45) is 9.75. The number of aromatic nitrogens is 5. The van der Waals surface area contributed by atoms with Crippen molar-refractivity contribution in [3.63, 3.8) is 0 Å². The van der Waals surface area contributed by atoms with Crippen molar-refractivity contribution in [2.24, 2.45) is 5.92 Å². The zero-order valence-electron chi connectivity index (χ0n) is 68.0. The molecule has 0 saturated carbocycles. The number of benzene rings is 8. The number of nitrogens with one attached hydrogen (secondary N) is 7. The van der Waals surface area contributed by atoms with Crippen LogP contribution in [0.1, 0.15) is 190 Å². The average Bonchev–Trinajstić information content (AvgIpc) is 1.53. The summed E-state index contributed by atoms with van der Waals surface area (Å²) in [5, 5.41) is 11.7. The summed E-state index contributed by atoms with van der Waals surface area (Å²) in [6, 6.07) is 56.3. The lowest BCUT2D eigenvalue weighted by Gasteiger charge is -2.24. The number of nitrogens with zero attached hydrogens (tertiary/aromatic N) is 1. The van der Waals surface area contributed by atoms with Gasteiger partial charge in [0.25, 0.3) is 11.8 Å². The highest BCUT2D eigenvalue weighted by molar-refractivity contribution is 6.01. The number of methoxy groups -OCH3 is 1. The molecule has 0 fully saturated rings. The number of fused-ring (bicyclic) bond motifs is 5. The second kappa shape index (κ2) is 34.5. The van der Waals surface area contributed by atoms with Crippen LogP contribution in [0.5, 0.6) is 11.5 Å². The molecule has 0 unspecified atom stereocenters. The molecule has 14 heteroatoms. The standard InChI is InChI=1S/C23H29N3O.C20H23NO.C19H21NO.C17H24N2O.C15H19NO2/c1-23(2,3)20-15-21-18(10-11-24-21)14-19(20)16-6-8-17(9-7-16)22(27)25-12-13-26(4)5;1-5-22-19-9-7-6-8-15(19)16-12-14-10-11-21-18(14)13-17(16)20(2,3)4;1-19(2,3)16-12-17-13(9-10-20-17)11-15(16)14-7-5-6-8-18(14)21-4;1-11(2)10-19-16(20)13-8-12-6-7-18-15(12)9-14(13)17(3,4)5;1-5-18-14(17)11-8-10-6-7-16-13(10)9-12(11)15(2,3)4/h6-11,14-15,24H,12-13H2,1-5H3,(H,25,27);6-13,21H,5H2,1-4H3;5-12,20H,1-4H3;6-9,11,18H,10H2,1-5H3,(H,19,20);6-9,16H,5H2,1-4H3. The van der Waals surface area contributed by atoms with Crippen molar-refractivity contribution in [1.82, 2.24) is 40.5 Å². The number of likely N-dealkylation sites (N-methyl/N-ethyl adjacent to an activating group) is 1. The quantitative estimate of drug-likeness (QED) is 0.0498. The predicted octanol–water partition coefficient (Wildman–Crippen LogP) is 22.6. The SMILES string of the molecule is CC(C)CNC(=O)c1cc2cc[nH]c2cc1C(C)(C)C.CCOC(=O)c1cc2cc[nH]c2cc1C(C)(C)C.CCOc1ccccc1-c1cc2cc[nH]c2cc1C(C)(C)C.CN(C)CCNC(=O)c1ccc(-c2cc3cc[nH]c3cc2C(C)(C)C)cc1.COc1ccccc1-c1cc2cc[nH]c2cc1C(C)(C)C. The fourth-order valence-corrected chi connectivity index (χ4v) is 13.4. The van der Waals surface area contributed by atoms with Crippen molar-refractivity contribution in [3.8, 4) is 44.9 Å². The monoisotopic (exact) mass is 1450 g/mol. The van der Waals surface area contributed by atoms with E-state index in [2.05, 4.69) is 243 Å². The lowest BCUT2D eigenvalue weighted by atomic mass is 9.81. The Kier molecular flexibility index (Phi) is 26.1. The zero-order valence-corrected chi connectivity index (χ0v) is 68.0. The van der Waals surface area contributed by atoms with Crippen molar-refractivity contribution in [2.45, 2.75) is 159 Å². The Balaban J connectivity index is 0.000000157. The van der Waals surface area contributed by atoms with Gasteiger partial charge in [0.05, 0.1) is 25.9 Å². The molecule has 2 amide bonds. The number of hydrogen-bond acceptors (Lipinski definition) is 7. The second-order valence-corrected chi connectivity index (χ2v) is 33.7. The van der Waals surface area contributed by atoms with Gasteiger partial charge < -0.3 is 54.7 Å². The average molecular weight is 1450 g/mol. The minimum absolute atomic E-state index is 0.0201. The number of esters is 1. The fraction of sp³-hybridized carbons (Fsp3) is 0.351. The van der Waals surface area contributed by atoms with Gasteiger partial charge in [-0.25, -0.2) is 4.79 Å². The highest BCUT2D eigenvalue weighted by atomic mass is 16.5. The Morgan fingerprint density at radius 1 is 0.407 bits per heavy atom. The van der Waals surface area contributed by atoms with E-state index in [1.54, 1.807) is 7.11 Å². The van der Waals surface area contributed by atoms with E-state index in [4.69, 9.17) is 14.2 Å². The maximum atomic E-state index is 12.5. The summed E-state index contributed by atoms with van der Waals surface area (Å²) < 4.78 is 16.5. The van der Waals surface area contributed by atoms with Crippen molar-refractivity contribution in [3.05, 3.63) is 239 Å². The molecule has 7 N–H and O–H groups in total. The lowest BCUT2D eigenvalue weighted by Crippen LogP contribution is -2.31. The number of ether oxygens (including phenoxy) is 3. The maximum Gasteiger partial charge on any atom is 0.338 e. The molecule has 0 aliphatic rings. The van der Waals surface area contributed by atoms with E-state index in [0.29, 0.717) is 43.3 Å². The number of aromatic amines is 5. The van der Waals surface area contributed by atoms with E-state index in [9.17, 15) is 14.4 Å². The van der Waals surface area contributed by atoms with Gasteiger partial charge in [-0.3, -0.25) is 9.59 Å². The third-order valence-electron chi connectivity index (χ3n) is 19.1. The van der Waals surface area contributed by atoms with E-state index >= 15 is 0 Å². The van der Waals surface area contributed by atoms with Crippen LogP contribution in [-0.4, -0.2) is 102 Å². The first-order chi connectivity index (χ1) is 51.0. The first-order valence-corrected chi connectivity index (χ1v) is 37.9. The number of carbonyl (C=O) groups excluding carboxylic acids is 3. The number of carbonyl (C=O) groups is 3. The summed E-state index contributed by atoms with van der Waals surface area (Å²) in [5.74, 6) is 2.06. The van der Waals surface area contributed by atoms with E-state index in [1.807, 2.05) is 138 Å². The topological polar surface area (TPSA) is 185 Å². The van der Waals surface area contributed by atoms with E-state index in [0.717, 1.165) is 78.7 Å². The summed E-state index contributed by atoms with van der Waals surface area (Å²) in [7, 11) is 5.72. The van der Waals surface area contributed by atoms with Gasteiger partial charge in [0.2, 0.25) is 0 Å². The molecule has 0 spiro atoms. The summed E-state index contributed by atoms with van der Waals surface area (Å²) >= 11 is 0. The van der Waals surface area contributed by atoms with Gasteiger partial charge in [0.1, 0.15) is 11.5 Å². The molecule has 13 rings (SSSR count). The van der Waals surface area contributed by atoms with Gasteiger partial charge in [-0.05, 0) is 242 Å². The van der Waals surface area contributed by atoms with Crippen molar-refractivity contribution >= 4 is 72.3 Å². The molecule has 0 atom stereocenters. The molecule has 0 bridgehead atoms. The van der Waals surface area contributed by atoms with Crippen LogP contribution in [0.4, 0.5) is 0 Å². The Labute approximate surface area is 640 Å². The van der Waals surface area contributed by atoms with Crippen LogP contribution in [-0.2, 0) is 31.8 Å². The molecule has 108 heavy (non-hydrogen) atoms. The molecule has 0 saturated heterocycles. The first-order valence-electron chi connectivity index (χ1n) is 37.9. The molecule has 568 valence electrons. The van der Waals surface area contributed by atoms with E-state index < -0.39 is 0 Å². The van der Waals surface area contributed by atoms with Crippen LogP contribution >= 0.6 is 0 Å². The molecule has 0 radical (unpaired) electrons. The summed E-state index contributed by atoms with van der Waals surface area (Å²) in [4.78, 5) is 55.2. The van der Waals surface area contributed by atoms with Crippen LogP contribution in [0, 0.1) is 5.92 Å². The van der Waals surface area contributed by atoms with E-state index in [1.165, 1.54) is 60.6 Å². The normalized spacial score (nSPS) is 11.9. The van der Waals surface area contributed by atoms with Gasteiger partial charge in [-0.1, -0.05) is 166 Å². The van der Waals surface area contributed by atoms with Gasteiger partial charge in [-0.2, -0.15) is 0 Å². The van der Waals surface area contributed by atoms with Gasteiger partial charge in [-0.15, -0.1) is 0 Å². The Bertz CT molecular complexity index is 5190. The van der Waals surface area contributed by atoms with Crippen LogP contribution in [0.15, 0.2) is 195 Å². The predicted molar refractivity (Wildman–Crippen MR) is 453 cm³/mol. The molecule has 8 aromatic carbocycles. The van der Waals surface area contributed by atoms with Crippen LogP contribution in [0.2, 0.25) is 0 Å². The molecule has 0 aliphatic heterocycles. The number of hydrogen-bond donors (Lipinski definition) is 7. The Morgan fingerprint density at radius 3 is 1.18 bits per heavy atom. The number of rotatable bonds is 15. The Morgan fingerprint density at radius 2 is 0.778 bits per heavy atom. The molecule has 13 aromatic rings. The maximum absolute atomic E-state index is 12.5. The van der Waals surface area contributed by atoms with Gasteiger partial charge in [0, 0.05) is 111 Å². The van der Waals surface area contributed by atoms with Gasteiger partial charge in [0.15, 0.2) is 0 Å². The highest BCUT2D eigenvalue weighted by Crippen LogP contribution is 2.43. The second-order valence-electron chi connectivity index (χ2n) is 33.7. The summed E-state index contributed by atoms with van der Waals surface area (Å²) in [5.41, 5.74) is 21.0. The highest BCUT2D eigenvalue weighted by Gasteiger charge is 2.28. The largest absolute Gasteiger partial charge is 0.496 e.